The van der Waals surface area contributed by atoms with Crippen molar-refractivity contribution in [2.24, 2.45) is 0 Å². The van der Waals surface area contributed by atoms with Crippen molar-refractivity contribution in [1.82, 2.24) is 5.32 Å². The van der Waals surface area contributed by atoms with Gasteiger partial charge in [-0.15, -0.1) is 0 Å². The summed E-state index contributed by atoms with van der Waals surface area (Å²) >= 11 is 0. The Kier molecular flexibility index (Phi) is 5.14. The van der Waals surface area contributed by atoms with Gasteiger partial charge in [-0.05, 0) is 38.5 Å². The lowest BCUT2D eigenvalue weighted by Gasteiger charge is -2.07. The van der Waals surface area contributed by atoms with Crippen LogP contribution in [0.5, 0.6) is 0 Å². The third kappa shape index (κ3) is 4.69. The third-order valence-corrected chi connectivity index (χ3v) is 3.86. The van der Waals surface area contributed by atoms with Gasteiger partial charge in [0.1, 0.15) is 0 Å². The number of amides is 1. The Morgan fingerprint density at radius 3 is 2.53 bits per heavy atom. The maximum Gasteiger partial charge on any atom is 0.261 e. The first-order valence-electron chi connectivity index (χ1n) is 5.68. The van der Waals surface area contributed by atoms with Gasteiger partial charge in [0.25, 0.3) is 15.0 Å². The molecule has 0 unspecified atom stereocenters. The molecule has 0 bridgehead atoms. The molecule has 0 aliphatic heterocycles. The topological polar surface area (TPSA) is 63.2 Å². The molecule has 0 fully saturated rings. The summed E-state index contributed by atoms with van der Waals surface area (Å²) in [6.07, 6.45) is 1.87. The smallest absolute Gasteiger partial charge is 0.261 e. The van der Waals surface area contributed by atoms with Crippen molar-refractivity contribution >= 4 is 25.6 Å². The highest BCUT2D eigenvalue weighted by Gasteiger charge is 2.15. The number of carbonyl (C=O) groups excluding carboxylic acids is 1. The molecule has 0 aromatic heterocycles. The van der Waals surface area contributed by atoms with Crippen LogP contribution >= 0.6 is 10.7 Å². The molecule has 1 N–H and O–H groups in total. The number of allylic oxidation sites excluding steroid dienone is 1. The van der Waals surface area contributed by atoms with E-state index in [-0.39, 0.29) is 10.8 Å². The van der Waals surface area contributed by atoms with Gasteiger partial charge in [0.2, 0.25) is 0 Å². The van der Waals surface area contributed by atoms with E-state index in [1.807, 2.05) is 19.9 Å². The van der Waals surface area contributed by atoms with Gasteiger partial charge in [-0.25, -0.2) is 8.42 Å². The minimum atomic E-state index is -3.83. The molecule has 1 aromatic carbocycles. The fraction of sp³-hybridized carbons (Fsp3) is 0.308. The van der Waals surface area contributed by atoms with Crippen molar-refractivity contribution in [3.63, 3.8) is 0 Å². The quantitative estimate of drug-likeness (QED) is 0.687. The van der Waals surface area contributed by atoms with Crippen LogP contribution < -0.4 is 5.32 Å². The van der Waals surface area contributed by atoms with Crippen molar-refractivity contribution in [1.29, 1.82) is 0 Å². The molecule has 0 aliphatic carbocycles. The molecule has 1 aromatic rings. The zero-order valence-electron chi connectivity index (χ0n) is 11.0. The zero-order valence-corrected chi connectivity index (χ0v) is 12.6. The number of carbonyl (C=O) groups is 1. The predicted molar refractivity (Wildman–Crippen MR) is 76.0 cm³/mol. The molecular formula is C13H16ClNO3S. The standard InChI is InChI=1S/C13H16ClNO3S/c1-9(2)6-7-15-13(16)12-8-11(19(14,17)18)5-4-10(12)3/h4-6,8H,7H2,1-3H3,(H,15,16). The van der Waals surface area contributed by atoms with Crippen LogP contribution in [-0.4, -0.2) is 20.9 Å². The summed E-state index contributed by atoms with van der Waals surface area (Å²) in [6, 6.07) is 4.23. The van der Waals surface area contributed by atoms with E-state index >= 15 is 0 Å². The van der Waals surface area contributed by atoms with Crippen molar-refractivity contribution in [2.75, 3.05) is 6.54 Å². The first kappa shape index (κ1) is 15.7. The SMILES string of the molecule is CC(C)=CCNC(=O)c1cc(S(=O)(=O)Cl)ccc1C. The van der Waals surface area contributed by atoms with Gasteiger partial charge in [-0.2, -0.15) is 0 Å². The van der Waals surface area contributed by atoms with Gasteiger partial charge in [0.15, 0.2) is 0 Å². The molecule has 0 saturated heterocycles. The van der Waals surface area contributed by atoms with Crippen LogP contribution in [0.2, 0.25) is 0 Å². The van der Waals surface area contributed by atoms with Crippen LogP contribution in [-0.2, 0) is 9.05 Å². The fourth-order valence-electron chi connectivity index (χ4n) is 1.44. The first-order chi connectivity index (χ1) is 8.71. The number of hydrogen-bond acceptors (Lipinski definition) is 3. The van der Waals surface area contributed by atoms with E-state index in [0.717, 1.165) is 5.57 Å². The first-order valence-corrected chi connectivity index (χ1v) is 7.99. The zero-order chi connectivity index (χ0) is 14.6. The maximum absolute atomic E-state index is 11.9. The second-order valence-corrected chi connectivity index (χ2v) is 6.97. The molecule has 1 rings (SSSR count). The van der Waals surface area contributed by atoms with Gasteiger partial charge >= 0.3 is 0 Å². The minimum absolute atomic E-state index is 0.0767. The lowest BCUT2D eigenvalue weighted by Crippen LogP contribution is -2.24. The van der Waals surface area contributed by atoms with Gasteiger partial charge in [0.05, 0.1) is 4.90 Å². The normalized spacial score (nSPS) is 10.9. The van der Waals surface area contributed by atoms with Crippen LogP contribution in [0, 0.1) is 6.92 Å². The Hall–Kier alpha value is -1.33. The molecule has 0 heterocycles. The lowest BCUT2D eigenvalue weighted by molar-refractivity contribution is 0.0957. The second-order valence-electron chi connectivity index (χ2n) is 4.41. The molecule has 0 atom stereocenters. The van der Waals surface area contributed by atoms with Crippen molar-refractivity contribution < 1.29 is 13.2 Å². The summed E-state index contributed by atoms with van der Waals surface area (Å²) in [5.74, 6) is -0.322. The molecule has 19 heavy (non-hydrogen) atoms. The van der Waals surface area contributed by atoms with Crippen LogP contribution in [0.3, 0.4) is 0 Å². The summed E-state index contributed by atoms with van der Waals surface area (Å²) in [5.41, 5.74) is 2.09. The van der Waals surface area contributed by atoms with Gasteiger partial charge in [-0.1, -0.05) is 17.7 Å². The molecule has 104 valence electrons. The minimum Gasteiger partial charge on any atom is -0.349 e. The van der Waals surface area contributed by atoms with Crippen molar-refractivity contribution in [3.8, 4) is 0 Å². The van der Waals surface area contributed by atoms with Crippen LogP contribution in [0.15, 0.2) is 34.7 Å². The number of benzene rings is 1. The largest absolute Gasteiger partial charge is 0.349 e. The number of nitrogens with one attached hydrogen (secondary N) is 1. The summed E-state index contributed by atoms with van der Waals surface area (Å²) < 4.78 is 22.5. The average molecular weight is 302 g/mol. The Bertz CT molecular complexity index is 617. The van der Waals surface area contributed by atoms with Gasteiger partial charge in [0, 0.05) is 22.8 Å². The van der Waals surface area contributed by atoms with Crippen molar-refractivity contribution in [3.05, 3.63) is 41.0 Å². The van der Waals surface area contributed by atoms with Gasteiger partial charge in [-0.3, -0.25) is 4.79 Å². The monoisotopic (exact) mass is 301 g/mol. The van der Waals surface area contributed by atoms with E-state index < -0.39 is 9.05 Å². The summed E-state index contributed by atoms with van der Waals surface area (Å²) in [6.45, 7) is 6.00. The molecule has 4 nitrogen and oxygen atoms in total. The third-order valence-electron chi connectivity index (χ3n) is 2.51. The van der Waals surface area contributed by atoms with Crippen LogP contribution in [0.4, 0.5) is 0 Å². The Labute approximate surface area is 117 Å². The predicted octanol–water partition coefficient (Wildman–Crippen LogP) is 2.62. The Morgan fingerprint density at radius 2 is 2.00 bits per heavy atom. The van der Waals surface area contributed by atoms with Crippen LogP contribution in [0.1, 0.15) is 29.8 Å². The van der Waals surface area contributed by atoms with E-state index in [1.165, 1.54) is 12.1 Å². The molecule has 0 aliphatic rings. The lowest BCUT2D eigenvalue weighted by atomic mass is 10.1. The molecular weight excluding hydrogens is 286 g/mol. The molecule has 0 saturated carbocycles. The van der Waals surface area contributed by atoms with E-state index in [0.29, 0.717) is 17.7 Å². The fourth-order valence-corrected chi connectivity index (χ4v) is 2.22. The number of hydrogen-bond donors (Lipinski definition) is 1. The van der Waals surface area contributed by atoms with Crippen LogP contribution in [0.25, 0.3) is 0 Å². The highest BCUT2D eigenvalue weighted by molar-refractivity contribution is 8.13. The second kappa shape index (κ2) is 6.21. The Balaban J connectivity index is 3.00. The van der Waals surface area contributed by atoms with E-state index in [1.54, 1.807) is 13.0 Å². The highest BCUT2D eigenvalue weighted by Crippen LogP contribution is 2.19. The van der Waals surface area contributed by atoms with Gasteiger partial charge < -0.3 is 5.32 Å². The number of aryl methyl sites for hydroxylation is 1. The Morgan fingerprint density at radius 1 is 1.37 bits per heavy atom. The summed E-state index contributed by atoms with van der Waals surface area (Å²) in [7, 11) is 1.44. The number of halogens is 1. The highest BCUT2D eigenvalue weighted by atomic mass is 35.7. The van der Waals surface area contributed by atoms with Crippen molar-refractivity contribution in [2.45, 2.75) is 25.7 Å². The molecule has 0 radical (unpaired) electrons. The van der Waals surface area contributed by atoms with E-state index in [9.17, 15) is 13.2 Å². The van der Waals surface area contributed by atoms with E-state index in [4.69, 9.17) is 10.7 Å². The molecule has 1 amide bonds. The number of rotatable bonds is 4. The molecule has 0 spiro atoms. The van der Waals surface area contributed by atoms with E-state index in [2.05, 4.69) is 5.32 Å². The maximum atomic E-state index is 11.9. The summed E-state index contributed by atoms with van der Waals surface area (Å²) in [5, 5.41) is 2.70. The average Bonchev–Trinajstić information content (AvgIpc) is 2.27. The molecule has 6 heteroatoms. The summed E-state index contributed by atoms with van der Waals surface area (Å²) in [4.78, 5) is 11.9.